The number of rotatable bonds is 17. The van der Waals surface area contributed by atoms with E-state index in [2.05, 4.69) is 10.6 Å². The van der Waals surface area contributed by atoms with Crippen molar-refractivity contribution in [3.05, 3.63) is 0 Å². The zero-order valence-corrected chi connectivity index (χ0v) is 36.9. The van der Waals surface area contributed by atoms with Gasteiger partial charge in [0.1, 0.15) is 11.8 Å². The summed E-state index contributed by atoms with van der Waals surface area (Å²) in [5.74, 6) is -4.03. The average Bonchev–Trinajstić information content (AvgIpc) is 3.64. The molecule has 0 aromatic rings. The smallest absolute Gasteiger partial charge is 0.426 e. The van der Waals surface area contributed by atoms with Crippen LogP contribution in [0.5, 0.6) is 0 Å². The summed E-state index contributed by atoms with van der Waals surface area (Å²) in [6.07, 6.45) is 5.66. The molecular formula is C37H63BGaN7O12. The number of unbranched alkanes of at least 4 members (excludes halogenated alkanes) is 4. The Kier molecular flexibility index (Phi) is 19.9. The van der Waals surface area contributed by atoms with Crippen molar-refractivity contribution in [1.29, 1.82) is 0 Å². The van der Waals surface area contributed by atoms with Gasteiger partial charge < -0.3 is 20.3 Å². The predicted octanol–water partition coefficient (Wildman–Crippen LogP) is -1.95. The van der Waals surface area contributed by atoms with Crippen molar-refractivity contribution in [2.24, 2.45) is 11.8 Å². The van der Waals surface area contributed by atoms with Gasteiger partial charge in [0.2, 0.25) is 11.8 Å². The molecule has 4 rings (SSSR count). The van der Waals surface area contributed by atoms with Crippen molar-refractivity contribution in [3.63, 3.8) is 0 Å². The molecule has 4 aliphatic heterocycles. The van der Waals surface area contributed by atoms with Crippen LogP contribution in [0.2, 0.25) is 0 Å². The molecule has 4 N–H and O–H groups in total. The van der Waals surface area contributed by atoms with Crippen LogP contribution in [0, 0.1) is 11.8 Å². The van der Waals surface area contributed by atoms with E-state index in [-0.39, 0.29) is 62.0 Å². The van der Waals surface area contributed by atoms with Crippen molar-refractivity contribution in [2.75, 3.05) is 91.6 Å². The number of hydrogen-bond donors (Lipinski definition) is 4. The van der Waals surface area contributed by atoms with E-state index in [0.29, 0.717) is 91.1 Å². The van der Waals surface area contributed by atoms with Gasteiger partial charge >= 0.3 is 194 Å². The van der Waals surface area contributed by atoms with Crippen molar-refractivity contribution in [3.8, 4) is 0 Å². The molecule has 4 saturated heterocycles. The SMILES string of the molecule is CC(C)[C@H](CC(=O)CCCCCCCNC(=O)CN1CCN2CCN3CCN(CC1)CC(=O)[O][Ga]([O]C(=O)C2)[O]C(=O)C3)C(=O)N[C@H](C)C(=O)N1CCC[C@H]1B(O)O. The number of carbonyl (C=O) groups excluding carboxylic acids is 7. The summed E-state index contributed by atoms with van der Waals surface area (Å²) in [4.78, 5) is 99.2. The van der Waals surface area contributed by atoms with Gasteiger partial charge in [-0.3, -0.25) is 14.4 Å². The Hall–Kier alpha value is -3.05. The summed E-state index contributed by atoms with van der Waals surface area (Å²) in [5.41, 5.74) is 0. The van der Waals surface area contributed by atoms with E-state index in [1.807, 2.05) is 33.4 Å². The minimum absolute atomic E-state index is 0.00675. The molecule has 21 heteroatoms. The van der Waals surface area contributed by atoms with E-state index < -0.39 is 60.2 Å². The van der Waals surface area contributed by atoms with Gasteiger partial charge in [0.25, 0.3) is 0 Å². The molecule has 4 heterocycles. The molecule has 5 atom stereocenters. The fourth-order valence-corrected chi connectivity index (χ4v) is 9.84. The molecule has 0 aromatic heterocycles. The normalized spacial score (nSPS) is 24.6. The summed E-state index contributed by atoms with van der Waals surface area (Å²) in [7, 11) is -1.64. The van der Waals surface area contributed by atoms with Crippen LogP contribution in [0.15, 0.2) is 0 Å². The van der Waals surface area contributed by atoms with Crippen molar-refractivity contribution in [1.82, 2.24) is 35.1 Å². The molecule has 2 unspecified atom stereocenters. The van der Waals surface area contributed by atoms with Crippen molar-refractivity contribution in [2.45, 2.75) is 90.5 Å². The minimum atomic E-state index is -3.93. The molecule has 4 bridgehead atoms. The topological polar surface area (TPSA) is 228 Å². The molecule has 0 radical (unpaired) electrons. The number of ketones is 1. The van der Waals surface area contributed by atoms with Crippen LogP contribution in [0.4, 0.5) is 0 Å². The molecule has 4 fully saturated rings. The number of nitrogens with zero attached hydrogens (tertiary/aromatic N) is 5. The van der Waals surface area contributed by atoms with E-state index in [1.165, 1.54) is 4.90 Å². The van der Waals surface area contributed by atoms with Gasteiger partial charge in [-0.15, -0.1) is 0 Å². The molecular weight excluding hydrogens is 815 g/mol. The minimum Gasteiger partial charge on any atom is -0.426 e. The molecule has 19 nitrogen and oxygen atoms in total. The summed E-state index contributed by atoms with van der Waals surface area (Å²) in [5, 5.41) is 25.0. The van der Waals surface area contributed by atoms with E-state index >= 15 is 0 Å². The Morgan fingerprint density at radius 3 is 1.81 bits per heavy atom. The first-order valence-corrected chi connectivity index (χ1v) is 23.9. The molecule has 0 aromatic carbocycles. The number of amides is 3. The molecule has 3 amide bonds. The zero-order chi connectivity index (χ0) is 42.2. The fraction of sp³-hybridized carbons (Fsp3) is 0.811. The average molecular weight is 878 g/mol. The Balaban J connectivity index is 1.14. The first-order chi connectivity index (χ1) is 27.7. The quantitative estimate of drug-likeness (QED) is 0.0920. The third-order valence-electron chi connectivity index (χ3n) is 11.2. The maximum absolute atomic E-state index is 13.1. The Bertz CT molecular complexity index is 1390. The van der Waals surface area contributed by atoms with E-state index in [0.717, 1.165) is 25.7 Å². The first-order valence-electron chi connectivity index (χ1n) is 20.9. The zero-order valence-electron chi connectivity index (χ0n) is 34.4. The number of carbonyl (C=O) groups is 7. The van der Waals surface area contributed by atoms with Gasteiger partial charge in [0.05, 0.1) is 5.94 Å². The van der Waals surface area contributed by atoms with Gasteiger partial charge in [0, 0.05) is 25.3 Å². The van der Waals surface area contributed by atoms with E-state index in [9.17, 15) is 43.6 Å². The molecule has 58 heavy (non-hydrogen) atoms. The maximum Gasteiger partial charge on any atom is 0.475 e. The number of fused-ring (bicyclic) bond motifs is 7. The Labute approximate surface area is 348 Å². The predicted molar refractivity (Wildman–Crippen MR) is 211 cm³/mol. The molecule has 324 valence electrons. The third-order valence-corrected chi connectivity index (χ3v) is 14.1. The second kappa shape index (κ2) is 24.3. The molecule has 0 spiro atoms. The Morgan fingerprint density at radius 1 is 0.759 bits per heavy atom. The molecule has 0 saturated carbocycles. The number of nitrogens with one attached hydrogen (secondary N) is 2. The summed E-state index contributed by atoms with van der Waals surface area (Å²) >= 11 is -3.93. The van der Waals surface area contributed by atoms with Crippen molar-refractivity contribution >= 4 is 65.8 Å². The maximum atomic E-state index is 13.1. The number of hydrogen-bond acceptors (Lipinski definition) is 16. The van der Waals surface area contributed by atoms with E-state index in [4.69, 9.17) is 10.6 Å². The van der Waals surface area contributed by atoms with Gasteiger partial charge in [-0.2, -0.15) is 0 Å². The molecule has 0 aliphatic carbocycles. The third kappa shape index (κ3) is 16.2. The fourth-order valence-electron chi connectivity index (χ4n) is 7.71. The Morgan fingerprint density at radius 2 is 1.28 bits per heavy atom. The second-order valence-electron chi connectivity index (χ2n) is 16.2. The summed E-state index contributed by atoms with van der Waals surface area (Å²) < 4.78 is 16.1. The van der Waals surface area contributed by atoms with Crippen LogP contribution in [0.3, 0.4) is 0 Å². The van der Waals surface area contributed by atoms with E-state index in [1.54, 1.807) is 6.92 Å². The standard InChI is InChI=1S/C37H66BN7O12.Ga/c1-27(2)30(36(54)40-28(3)37(55)45-13-9-11-31(45)38(56)57)22-29(46)10-7-5-4-6-8-12-39-32(47)23-41-14-16-42(24-33(48)49)18-20-44(26-35(52)53)21-19-43(17-15-41)25-34(50)51;/h27-28,30-31,56-57H,4-26H2,1-3H3,(H,39,47)(H,40,54)(H,48,49)(H,50,51)(H,52,53);/q;+3/p-3/t28-,30+,31+;/m1./s1. The summed E-state index contributed by atoms with van der Waals surface area (Å²) in [6, 6.07) is -0.852. The van der Waals surface area contributed by atoms with Crippen LogP contribution in [-0.2, 0) is 44.1 Å². The first kappa shape index (κ1) is 47.6. The number of Topliss-reactive ketones (excluding diaryl/α,β-unsaturated/α-hetero) is 1. The second-order valence-corrected chi connectivity index (χ2v) is 18.9. The largest absolute Gasteiger partial charge is 0.475 e. The van der Waals surface area contributed by atoms with Gasteiger partial charge in [-0.25, -0.2) is 0 Å². The van der Waals surface area contributed by atoms with Crippen LogP contribution >= 0.6 is 0 Å². The summed E-state index contributed by atoms with van der Waals surface area (Å²) in [6.45, 7) is 10.3. The van der Waals surface area contributed by atoms with Gasteiger partial charge in [-0.1, -0.05) is 33.1 Å². The van der Waals surface area contributed by atoms with Crippen LogP contribution in [-0.4, -0.2) is 204 Å². The van der Waals surface area contributed by atoms with Crippen LogP contribution in [0.1, 0.15) is 78.6 Å². The monoisotopic (exact) mass is 877 g/mol. The van der Waals surface area contributed by atoms with Gasteiger partial charge in [-0.05, 0) is 32.1 Å². The van der Waals surface area contributed by atoms with Gasteiger partial charge in [0.15, 0.2) is 0 Å². The molecule has 4 aliphatic rings. The van der Waals surface area contributed by atoms with Crippen LogP contribution < -0.4 is 10.6 Å². The van der Waals surface area contributed by atoms with Crippen LogP contribution in [0.25, 0.3) is 0 Å². The van der Waals surface area contributed by atoms with Crippen molar-refractivity contribution < 1.29 is 54.2 Å². The number of likely N-dealkylation sites (tertiary alicyclic amines) is 1.